The van der Waals surface area contributed by atoms with E-state index in [1.807, 2.05) is 30.6 Å². The maximum atomic E-state index is 6.11. The molecule has 0 aliphatic carbocycles. The summed E-state index contributed by atoms with van der Waals surface area (Å²) in [6.45, 7) is 2.56. The van der Waals surface area contributed by atoms with Crippen LogP contribution in [-0.2, 0) is 19.5 Å². The van der Waals surface area contributed by atoms with Gasteiger partial charge in [0.15, 0.2) is 5.82 Å². The van der Waals surface area contributed by atoms with E-state index in [0.717, 1.165) is 59.7 Å². The molecule has 8 heteroatoms. The van der Waals surface area contributed by atoms with E-state index in [0.29, 0.717) is 15.9 Å². The molecule has 1 aliphatic rings. The molecule has 0 atom stereocenters. The highest BCUT2D eigenvalue weighted by Gasteiger charge is 2.19. The first-order valence-corrected chi connectivity index (χ1v) is 10.6. The molecule has 1 aliphatic heterocycles. The highest BCUT2D eigenvalue weighted by atomic mass is 35.5. The van der Waals surface area contributed by atoms with Crippen molar-refractivity contribution < 1.29 is 0 Å². The van der Waals surface area contributed by atoms with E-state index in [2.05, 4.69) is 30.9 Å². The van der Waals surface area contributed by atoms with Crippen LogP contribution in [0.4, 0.5) is 0 Å². The Hall–Kier alpha value is -2.93. The number of benzene rings is 1. The molecule has 0 unspecified atom stereocenters. The Bertz CT molecular complexity index is 1190. The predicted molar refractivity (Wildman–Crippen MR) is 121 cm³/mol. The van der Waals surface area contributed by atoms with Gasteiger partial charge in [-0.2, -0.15) is 0 Å². The molecule has 0 amide bonds. The van der Waals surface area contributed by atoms with Crippen molar-refractivity contribution in [2.75, 3.05) is 6.54 Å². The summed E-state index contributed by atoms with van der Waals surface area (Å²) in [5, 5.41) is 1.20. The summed E-state index contributed by atoms with van der Waals surface area (Å²) in [6.07, 6.45) is 9.68. The number of hydrogen-bond acceptors (Lipinski definition) is 6. The molecular formula is C23H18Cl2N6. The second-order valence-electron chi connectivity index (χ2n) is 7.46. The van der Waals surface area contributed by atoms with E-state index in [4.69, 9.17) is 28.2 Å². The summed E-state index contributed by atoms with van der Waals surface area (Å²) >= 11 is 12.2. The Balaban J connectivity index is 1.28. The van der Waals surface area contributed by atoms with Gasteiger partial charge in [-0.05, 0) is 29.8 Å². The van der Waals surface area contributed by atoms with Gasteiger partial charge in [0.2, 0.25) is 0 Å². The minimum Gasteiger partial charge on any atom is -0.294 e. The number of pyridine rings is 1. The Morgan fingerprint density at radius 1 is 0.871 bits per heavy atom. The van der Waals surface area contributed by atoms with Crippen LogP contribution in [0.1, 0.15) is 16.8 Å². The number of halogens is 2. The molecule has 0 saturated heterocycles. The SMILES string of the molecule is Clc1cc(Cl)cc(-c2ccc(CN3CCc4nc(-c5cncnc5)ncc4C3)cn2)c1. The van der Waals surface area contributed by atoms with Crippen molar-refractivity contribution in [2.45, 2.75) is 19.5 Å². The van der Waals surface area contributed by atoms with Crippen LogP contribution < -0.4 is 0 Å². The fourth-order valence-corrected chi connectivity index (χ4v) is 4.24. The fraction of sp³-hybridized carbons (Fsp3) is 0.174. The van der Waals surface area contributed by atoms with E-state index in [-0.39, 0.29) is 0 Å². The third kappa shape index (κ3) is 4.56. The lowest BCUT2D eigenvalue weighted by Crippen LogP contribution is -2.31. The summed E-state index contributed by atoms with van der Waals surface area (Å²) in [5.74, 6) is 0.675. The summed E-state index contributed by atoms with van der Waals surface area (Å²) in [6, 6.07) is 9.56. The quantitative estimate of drug-likeness (QED) is 0.443. The van der Waals surface area contributed by atoms with Crippen LogP contribution in [0.3, 0.4) is 0 Å². The smallest absolute Gasteiger partial charge is 0.162 e. The Morgan fingerprint density at radius 2 is 1.68 bits per heavy atom. The minimum absolute atomic E-state index is 0.602. The number of rotatable bonds is 4. The largest absolute Gasteiger partial charge is 0.294 e. The Kier molecular flexibility index (Phi) is 5.59. The van der Waals surface area contributed by atoms with Gasteiger partial charge in [0.1, 0.15) is 6.33 Å². The van der Waals surface area contributed by atoms with Crippen molar-refractivity contribution in [1.82, 2.24) is 29.8 Å². The van der Waals surface area contributed by atoms with Crippen LogP contribution in [0.5, 0.6) is 0 Å². The van der Waals surface area contributed by atoms with Gasteiger partial charge in [-0.15, -0.1) is 0 Å². The summed E-state index contributed by atoms with van der Waals surface area (Å²) < 4.78 is 0. The molecule has 5 rings (SSSR count). The number of hydrogen-bond donors (Lipinski definition) is 0. The minimum atomic E-state index is 0.602. The van der Waals surface area contributed by atoms with Crippen LogP contribution in [0.15, 0.2) is 61.4 Å². The third-order valence-electron chi connectivity index (χ3n) is 5.22. The van der Waals surface area contributed by atoms with Crippen molar-refractivity contribution in [1.29, 1.82) is 0 Å². The zero-order valence-electron chi connectivity index (χ0n) is 16.5. The average molecular weight is 449 g/mol. The number of fused-ring (bicyclic) bond motifs is 1. The van der Waals surface area contributed by atoms with Crippen molar-refractivity contribution >= 4 is 23.2 Å². The van der Waals surface area contributed by atoms with Crippen LogP contribution in [0, 0.1) is 0 Å². The van der Waals surface area contributed by atoms with E-state index >= 15 is 0 Å². The van der Waals surface area contributed by atoms with Gasteiger partial charge in [-0.1, -0.05) is 29.3 Å². The van der Waals surface area contributed by atoms with Crippen LogP contribution >= 0.6 is 23.2 Å². The van der Waals surface area contributed by atoms with Crippen molar-refractivity contribution in [3.63, 3.8) is 0 Å². The fourth-order valence-electron chi connectivity index (χ4n) is 3.71. The van der Waals surface area contributed by atoms with Crippen LogP contribution in [0.25, 0.3) is 22.6 Å². The molecular weight excluding hydrogens is 431 g/mol. The zero-order valence-corrected chi connectivity index (χ0v) is 18.1. The molecule has 4 heterocycles. The van der Waals surface area contributed by atoms with Gasteiger partial charge in [-0.3, -0.25) is 9.88 Å². The van der Waals surface area contributed by atoms with Gasteiger partial charge < -0.3 is 0 Å². The molecule has 3 aromatic heterocycles. The molecule has 0 radical (unpaired) electrons. The Morgan fingerprint density at radius 3 is 2.42 bits per heavy atom. The summed E-state index contributed by atoms with van der Waals surface area (Å²) in [4.78, 5) is 24.3. The summed E-state index contributed by atoms with van der Waals surface area (Å²) in [5.41, 5.74) is 6.00. The molecule has 31 heavy (non-hydrogen) atoms. The van der Waals surface area contributed by atoms with E-state index in [1.54, 1.807) is 18.5 Å². The standard InChI is InChI=1S/C23H18Cl2N6/c24-19-5-16(6-20(25)7-19)21-2-1-15(8-28-21)12-31-4-3-22-18(13-31)11-29-23(30-22)17-9-26-14-27-10-17/h1-2,5-11,14H,3-4,12-13H2. The van der Waals surface area contributed by atoms with E-state index in [9.17, 15) is 0 Å². The number of nitrogens with zero attached hydrogens (tertiary/aromatic N) is 6. The molecule has 0 saturated carbocycles. The second kappa shape index (κ2) is 8.67. The zero-order chi connectivity index (χ0) is 21.2. The topological polar surface area (TPSA) is 67.7 Å². The van der Waals surface area contributed by atoms with Crippen LogP contribution in [-0.4, -0.2) is 36.4 Å². The first-order valence-electron chi connectivity index (χ1n) is 9.88. The molecule has 0 bridgehead atoms. The molecule has 0 spiro atoms. The van der Waals surface area contributed by atoms with Crippen molar-refractivity contribution in [3.8, 4) is 22.6 Å². The van der Waals surface area contributed by atoms with Gasteiger partial charge in [0.05, 0.1) is 17.0 Å². The second-order valence-corrected chi connectivity index (χ2v) is 8.34. The lowest BCUT2D eigenvalue weighted by atomic mass is 10.1. The number of aromatic nitrogens is 5. The van der Waals surface area contributed by atoms with E-state index < -0.39 is 0 Å². The lowest BCUT2D eigenvalue weighted by molar-refractivity contribution is 0.242. The summed E-state index contributed by atoms with van der Waals surface area (Å²) in [7, 11) is 0. The first kappa shape index (κ1) is 20.0. The predicted octanol–water partition coefficient (Wildman–Crippen LogP) is 4.86. The maximum Gasteiger partial charge on any atom is 0.162 e. The van der Waals surface area contributed by atoms with Gasteiger partial charge in [-0.25, -0.2) is 19.9 Å². The Labute approximate surface area is 190 Å². The highest BCUT2D eigenvalue weighted by Crippen LogP contribution is 2.27. The molecule has 0 N–H and O–H groups in total. The normalized spacial score (nSPS) is 13.7. The van der Waals surface area contributed by atoms with Crippen molar-refractivity contribution in [2.24, 2.45) is 0 Å². The first-order chi connectivity index (χ1) is 15.1. The highest BCUT2D eigenvalue weighted by molar-refractivity contribution is 6.35. The third-order valence-corrected chi connectivity index (χ3v) is 5.66. The molecule has 0 fully saturated rings. The van der Waals surface area contributed by atoms with Gasteiger partial charge in [0.25, 0.3) is 0 Å². The molecule has 6 nitrogen and oxygen atoms in total. The van der Waals surface area contributed by atoms with Gasteiger partial charge >= 0.3 is 0 Å². The average Bonchev–Trinajstić information content (AvgIpc) is 2.79. The monoisotopic (exact) mass is 448 g/mol. The van der Waals surface area contributed by atoms with Crippen molar-refractivity contribution in [3.05, 3.63) is 88.3 Å². The lowest BCUT2D eigenvalue weighted by Gasteiger charge is -2.28. The van der Waals surface area contributed by atoms with Gasteiger partial charge in [0, 0.05) is 72.0 Å². The molecule has 4 aromatic rings. The van der Waals surface area contributed by atoms with Crippen LogP contribution in [0.2, 0.25) is 10.0 Å². The molecule has 1 aromatic carbocycles. The maximum absolute atomic E-state index is 6.11. The van der Waals surface area contributed by atoms with E-state index in [1.165, 1.54) is 6.33 Å². The molecule has 154 valence electrons.